The van der Waals surface area contributed by atoms with E-state index in [1.165, 1.54) is 7.11 Å². The van der Waals surface area contributed by atoms with Gasteiger partial charge in [0.2, 0.25) is 6.17 Å². The van der Waals surface area contributed by atoms with Gasteiger partial charge in [0, 0.05) is 0 Å². The number of halogens is 1. The number of alkyl halides is 1. The van der Waals surface area contributed by atoms with Gasteiger partial charge in [0.15, 0.2) is 11.5 Å². The van der Waals surface area contributed by atoms with Crippen LogP contribution in [-0.2, 0) is 16.1 Å². The molecular formula is C19H22FNO4. The van der Waals surface area contributed by atoms with Crippen LogP contribution in [0.5, 0.6) is 11.5 Å². The normalized spacial score (nSPS) is 13.0. The molecule has 2 atom stereocenters. The lowest BCUT2D eigenvalue weighted by Gasteiger charge is -2.18. The van der Waals surface area contributed by atoms with Crippen molar-refractivity contribution in [3.05, 3.63) is 59.7 Å². The average Bonchev–Trinajstić information content (AvgIpc) is 2.66. The Hall–Kier alpha value is -2.60. The van der Waals surface area contributed by atoms with Crippen molar-refractivity contribution in [2.45, 2.75) is 25.7 Å². The van der Waals surface area contributed by atoms with E-state index in [4.69, 9.17) is 15.2 Å². The molecule has 2 rings (SSSR count). The zero-order valence-corrected chi connectivity index (χ0v) is 14.3. The molecule has 0 aliphatic rings. The SMILES string of the molecule is CCOC(=O)C(F)[C@H](N)c1ccc(OCc2ccccc2)c(OC)c1. The topological polar surface area (TPSA) is 70.8 Å². The minimum atomic E-state index is -1.94. The summed E-state index contributed by atoms with van der Waals surface area (Å²) < 4.78 is 29.8. The van der Waals surface area contributed by atoms with Gasteiger partial charge in [-0.05, 0) is 30.2 Å². The maximum Gasteiger partial charge on any atom is 0.342 e. The van der Waals surface area contributed by atoms with E-state index >= 15 is 0 Å². The van der Waals surface area contributed by atoms with E-state index in [-0.39, 0.29) is 6.61 Å². The molecule has 2 aromatic rings. The lowest BCUT2D eigenvalue weighted by Crippen LogP contribution is -2.31. The second-order valence-electron chi connectivity index (χ2n) is 5.36. The fraction of sp³-hybridized carbons (Fsp3) is 0.316. The van der Waals surface area contributed by atoms with Crippen molar-refractivity contribution in [3.63, 3.8) is 0 Å². The Morgan fingerprint density at radius 1 is 1.16 bits per heavy atom. The molecule has 0 amide bonds. The van der Waals surface area contributed by atoms with Crippen molar-refractivity contribution in [1.29, 1.82) is 0 Å². The number of carbonyl (C=O) groups is 1. The standard InChI is InChI=1S/C19H22FNO4/c1-3-24-19(22)17(20)18(21)14-9-10-15(16(11-14)23-2)25-12-13-7-5-4-6-8-13/h4-11,17-18H,3,12,21H2,1-2H3/t17?,18-/m1/s1. The van der Waals surface area contributed by atoms with Crippen molar-refractivity contribution in [1.82, 2.24) is 0 Å². The van der Waals surface area contributed by atoms with E-state index in [1.54, 1.807) is 25.1 Å². The molecule has 1 unspecified atom stereocenters. The van der Waals surface area contributed by atoms with Crippen LogP contribution in [0.25, 0.3) is 0 Å². The van der Waals surface area contributed by atoms with Crippen LogP contribution in [0, 0.1) is 0 Å². The lowest BCUT2D eigenvalue weighted by molar-refractivity contribution is -0.149. The average molecular weight is 347 g/mol. The van der Waals surface area contributed by atoms with Gasteiger partial charge in [0.1, 0.15) is 6.61 Å². The van der Waals surface area contributed by atoms with Gasteiger partial charge in [-0.1, -0.05) is 36.4 Å². The minimum absolute atomic E-state index is 0.0988. The Kier molecular flexibility index (Phi) is 6.77. The van der Waals surface area contributed by atoms with E-state index < -0.39 is 18.2 Å². The summed E-state index contributed by atoms with van der Waals surface area (Å²) in [6.07, 6.45) is -1.94. The van der Waals surface area contributed by atoms with Gasteiger partial charge < -0.3 is 19.9 Å². The number of methoxy groups -OCH3 is 1. The van der Waals surface area contributed by atoms with Gasteiger partial charge in [0.05, 0.1) is 19.8 Å². The Morgan fingerprint density at radius 2 is 1.88 bits per heavy atom. The van der Waals surface area contributed by atoms with Gasteiger partial charge in [0.25, 0.3) is 0 Å². The number of esters is 1. The van der Waals surface area contributed by atoms with Crippen LogP contribution in [0.1, 0.15) is 24.1 Å². The van der Waals surface area contributed by atoms with Gasteiger partial charge >= 0.3 is 5.97 Å². The molecule has 0 radical (unpaired) electrons. The highest BCUT2D eigenvalue weighted by Crippen LogP contribution is 2.31. The maximum atomic E-state index is 14.1. The molecule has 2 N–H and O–H groups in total. The van der Waals surface area contributed by atoms with Gasteiger partial charge in [-0.2, -0.15) is 0 Å². The smallest absolute Gasteiger partial charge is 0.342 e. The fourth-order valence-corrected chi connectivity index (χ4v) is 2.28. The molecule has 6 heteroatoms. The Bertz CT molecular complexity index is 693. The molecule has 0 saturated carbocycles. The zero-order chi connectivity index (χ0) is 18.2. The molecule has 25 heavy (non-hydrogen) atoms. The minimum Gasteiger partial charge on any atom is -0.493 e. The van der Waals surface area contributed by atoms with Crippen LogP contribution < -0.4 is 15.2 Å². The summed E-state index contributed by atoms with van der Waals surface area (Å²) in [5.74, 6) is -0.0489. The third kappa shape index (κ3) is 4.93. The van der Waals surface area contributed by atoms with Crippen LogP contribution in [-0.4, -0.2) is 25.9 Å². The summed E-state index contributed by atoms with van der Waals surface area (Å²) in [7, 11) is 1.48. The fourth-order valence-electron chi connectivity index (χ4n) is 2.28. The van der Waals surface area contributed by atoms with Gasteiger partial charge in [-0.15, -0.1) is 0 Å². The molecule has 5 nitrogen and oxygen atoms in total. The third-order valence-corrected chi connectivity index (χ3v) is 3.64. The Labute approximate surface area is 146 Å². The molecule has 134 valence electrons. The highest BCUT2D eigenvalue weighted by atomic mass is 19.1. The van der Waals surface area contributed by atoms with E-state index in [0.717, 1.165) is 5.56 Å². The van der Waals surface area contributed by atoms with E-state index in [1.807, 2.05) is 30.3 Å². The van der Waals surface area contributed by atoms with E-state index in [2.05, 4.69) is 4.74 Å². The number of ether oxygens (including phenoxy) is 3. The predicted octanol–water partition coefficient (Wildman–Crippen LogP) is 3.18. The summed E-state index contributed by atoms with van der Waals surface area (Å²) in [5, 5.41) is 0. The molecule has 0 aromatic heterocycles. The summed E-state index contributed by atoms with van der Waals surface area (Å²) >= 11 is 0. The van der Waals surface area contributed by atoms with Crippen LogP contribution in [0.15, 0.2) is 48.5 Å². The van der Waals surface area contributed by atoms with E-state index in [9.17, 15) is 9.18 Å². The quantitative estimate of drug-likeness (QED) is 0.743. The predicted molar refractivity (Wildman–Crippen MR) is 92.2 cm³/mol. The molecule has 0 aliphatic heterocycles. The Morgan fingerprint density at radius 3 is 2.52 bits per heavy atom. The summed E-state index contributed by atoms with van der Waals surface area (Å²) in [4.78, 5) is 11.5. The van der Waals surface area contributed by atoms with Gasteiger partial charge in [-0.3, -0.25) is 0 Å². The molecule has 2 aromatic carbocycles. The molecule has 0 bridgehead atoms. The van der Waals surface area contributed by atoms with Crippen LogP contribution in [0.2, 0.25) is 0 Å². The summed E-state index contributed by atoms with van der Waals surface area (Å²) in [6.45, 7) is 2.08. The van der Waals surface area contributed by atoms with Crippen LogP contribution >= 0.6 is 0 Å². The summed E-state index contributed by atoms with van der Waals surface area (Å²) in [5.41, 5.74) is 7.27. The van der Waals surface area contributed by atoms with E-state index in [0.29, 0.717) is 23.7 Å². The Balaban J connectivity index is 2.11. The largest absolute Gasteiger partial charge is 0.493 e. The lowest BCUT2D eigenvalue weighted by atomic mass is 10.0. The number of nitrogens with two attached hydrogens (primary N) is 1. The van der Waals surface area contributed by atoms with Gasteiger partial charge in [-0.25, -0.2) is 9.18 Å². The molecule has 0 spiro atoms. The summed E-state index contributed by atoms with van der Waals surface area (Å²) in [6, 6.07) is 13.4. The number of benzene rings is 2. The number of rotatable bonds is 8. The van der Waals surface area contributed by atoms with Crippen LogP contribution in [0.3, 0.4) is 0 Å². The third-order valence-electron chi connectivity index (χ3n) is 3.64. The first kappa shape index (κ1) is 18.7. The number of hydrogen-bond donors (Lipinski definition) is 1. The highest BCUT2D eigenvalue weighted by molar-refractivity contribution is 5.75. The molecular weight excluding hydrogens is 325 g/mol. The number of hydrogen-bond acceptors (Lipinski definition) is 5. The second kappa shape index (κ2) is 9.03. The molecule has 0 aliphatic carbocycles. The number of carbonyl (C=O) groups excluding carboxylic acids is 1. The molecule has 0 heterocycles. The molecule has 0 fully saturated rings. The first-order chi connectivity index (χ1) is 12.1. The first-order valence-corrected chi connectivity index (χ1v) is 7.97. The molecule has 0 saturated heterocycles. The first-order valence-electron chi connectivity index (χ1n) is 7.97. The van der Waals surface area contributed by atoms with Crippen molar-refractivity contribution in [2.75, 3.05) is 13.7 Å². The van der Waals surface area contributed by atoms with Crippen molar-refractivity contribution >= 4 is 5.97 Å². The highest BCUT2D eigenvalue weighted by Gasteiger charge is 2.28. The van der Waals surface area contributed by atoms with Crippen LogP contribution in [0.4, 0.5) is 4.39 Å². The maximum absolute atomic E-state index is 14.1. The monoisotopic (exact) mass is 347 g/mol. The van der Waals surface area contributed by atoms with Crippen molar-refractivity contribution in [3.8, 4) is 11.5 Å². The second-order valence-corrected chi connectivity index (χ2v) is 5.36. The zero-order valence-electron chi connectivity index (χ0n) is 14.3. The van der Waals surface area contributed by atoms with Crippen molar-refractivity contribution < 1.29 is 23.4 Å². The van der Waals surface area contributed by atoms with Crippen molar-refractivity contribution in [2.24, 2.45) is 5.73 Å².